The second kappa shape index (κ2) is 7.81. The lowest BCUT2D eigenvalue weighted by Crippen LogP contribution is -2.56. The molecule has 2 bridgehead atoms. The minimum absolute atomic E-state index is 0.267. The number of aliphatic carboxylic acids is 1. The first-order valence-electron chi connectivity index (χ1n) is 7.95. The lowest BCUT2D eigenvalue weighted by Gasteiger charge is -2.39. The summed E-state index contributed by atoms with van der Waals surface area (Å²) in [5.41, 5.74) is 9.79. The molecule has 0 unspecified atom stereocenters. The number of rotatable bonds is 7. The second-order valence-electron chi connectivity index (χ2n) is 5.91. The van der Waals surface area contributed by atoms with Gasteiger partial charge in [0.25, 0.3) is 0 Å². The van der Waals surface area contributed by atoms with Gasteiger partial charge >= 0.3 is 5.97 Å². The van der Waals surface area contributed by atoms with Crippen molar-refractivity contribution < 1.29 is 28.8 Å². The summed E-state index contributed by atoms with van der Waals surface area (Å²) in [6.07, 6.45) is -3.65. The third kappa shape index (κ3) is 3.92. The smallest absolute Gasteiger partial charge is 0.332 e. The third-order valence-corrected chi connectivity index (χ3v) is 4.22. The normalized spacial score (nSPS) is 32.0. The maximum Gasteiger partial charge on any atom is 0.332 e. The standard InChI is InChI=1S/C16H19N3O6/c1-9(15(20)21)24-14-12(18-19-17)16-23-8-11(25-16)13(14)22-7-10-5-3-2-4-6-10/h2-6,9,11-14,16H,7-8H2,1H3,(H,20,21)/t9-,11-,12-,13-,14-,16-/m1/s1. The van der Waals surface area contributed by atoms with E-state index in [1.165, 1.54) is 6.92 Å². The fourth-order valence-electron chi connectivity index (χ4n) is 2.95. The summed E-state index contributed by atoms with van der Waals surface area (Å²) in [5.74, 6) is -1.11. The van der Waals surface area contributed by atoms with Gasteiger partial charge in [0.2, 0.25) is 0 Å². The van der Waals surface area contributed by atoms with Crippen molar-refractivity contribution in [2.45, 2.75) is 50.3 Å². The van der Waals surface area contributed by atoms with E-state index in [4.69, 9.17) is 29.6 Å². The van der Waals surface area contributed by atoms with Crippen molar-refractivity contribution in [1.29, 1.82) is 0 Å². The maximum atomic E-state index is 11.2. The first-order chi connectivity index (χ1) is 12.1. The highest BCUT2D eigenvalue weighted by Gasteiger charge is 2.52. The van der Waals surface area contributed by atoms with E-state index in [2.05, 4.69) is 10.0 Å². The molecule has 0 saturated carbocycles. The zero-order chi connectivity index (χ0) is 17.8. The van der Waals surface area contributed by atoms with Gasteiger partial charge in [0.05, 0.1) is 13.2 Å². The van der Waals surface area contributed by atoms with Crippen molar-refractivity contribution in [3.63, 3.8) is 0 Å². The Morgan fingerprint density at radius 2 is 2.20 bits per heavy atom. The van der Waals surface area contributed by atoms with Crippen molar-refractivity contribution in [2.75, 3.05) is 6.61 Å². The third-order valence-electron chi connectivity index (χ3n) is 4.22. The monoisotopic (exact) mass is 349 g/mol. The van der Waals surface area contributed by atoms with E-state index in [-0.39, 0.29) is 6.61 Å². The van der Waals surface area contributed by atoms with E-state index >= 15 is 0 Å². The average Bonchev–Trinajstić information content (AvgIpc) is 3.04. The fourth-order valence-corrected chi connectivity index (χ4v) is 2.95. The van der Waals surface area contributed by atoms with E-state index in [9.17, 15) is 4.79 Å². The summed E-state index contributed by atoms with van der Waals surface area (Å²) in [7, 11) is 0. The highest BCUT2D eigenvalue weighted by Crippen LogP contribution is 2.34. The first kappa shape index (κ1) is 17.7. The molecule has 2 aliphatic rings. The lowest BCUT2D eigenvalue weighted by molar-refractivity contribution is -0.220. The number of carboxylic acid groups (broad SMARTS) is 1. The van der Waals surface area contributed by atoms with Gasteiger partial charge in [0.15, 0.2) is 12.4 Å². The number of hydrogen-bond acceptors (Lipinski definition) is 6. The van der Waals surface area contributed by atoms with Crippen LogP contribution < -0.4 is 0 Å². The van der Waals surface area contributed by atoms with E-state index in [1.807, 2.05) is 30.3 Å². The van der Waals surface area contributed by atoms with Crippen LogP contribution >= 0.6 is 0 Å². The van der Waals surface area contributed by atoms with Crippen LogP contribution in [0.4, 0.5) is 0 Å². The average molecular weight is 349 g/mol. The number of ether oxygens (including phenoxy) is 4. The second-order valence-corrected chi connectivity index (χ2v) is 5.91. The molecule has 2 heterocycles. The predicted octanol–water partition coefficient (Wildman–Crippen LogP) is 1.86. The highest BCUT2D eigenvalue weighted by molar-refractivity contribution is 5.71. The SMILES string of the molecule is C[C@@H](O[C@@H]1[C@@H](N=[N+]=[N-])[C@@H]2OC[C@@H](O2)[C@H]1OCc1ccccc1)C(=O)O. The maximum absolute atomic E-state index is 11.2. The molecule has 0 amide bonds. The number of benzene rings is 1. The van der Waals surface area contributed by atoms with Crippen molar-refractivity contribution >= 4 is 5.97 Å². The molecule has 1 aromatic carbocycles. The summed E-state index contributed by atoms with van der Waals surface area (Å²) in [6, 6.07) is 8.70. The Kier molecular flexibility index (Phi) is 5.52. The van der Waals surface area contributed by atoms with Gasteiger partial charge in [0.1, 0.15) is 24.4 Å². The van der Waals surface area contributed by atoms with Crippen molar-refractivity contribution in [3.8, 4) is 0 Å². The molecule has 3 rings (SSSR count). The summed E-state index contributed by atoms with van der Waals surface area (Å²) < 4.78 is 22.8. The van der Waals surface area contributed by atoms with Gasteiger partial charge in [-0.15, -0.1) is 0 Å². The number of hydrogen-bond donors (Lipinski definition) is 1. The van der Waals surface area contributed by atoms with Crippen molar-refractivity contribution in [2.24, 2.45) is 5.11 Å². The number of azide groups is 1. The molecule has 9 nitrogen and oxygen atoms in total. The molecule has 6 atom stereocenters. The summed E-state index contributed by atoms with van der Waals surface area (Å²) in [5, 5.41) is 12.8. The van der Waals surface area contributed by atoms with Crippen LogP contribution in [0.25, 0.3) is 10.4 Å². The number of carboxylic acids is 1. The highest BCUT2D eigenvalue weighted by atomic mass is 16.7. The van der Waals surface area contributed by atoms with Crippen LogP contribution in [0.2, 0.25) is 0 Å². The van der Waals surface area contributed by atoms with E-state index in [0.717, 1.165) is 5.56 Å². The van der Waals surface area contributed by atoms with Crippen LogP contribution in [0.3, 0.4) is 0 Å². The molecule has 25 heavy (non-hydrogen) atoms. The van der Waals surface area contributed by atoms with Crippen LogP contribution in [0, 0.1) is 0 Å². The Labute approximate surface area is 144 Å². The van der Waals surface area contributed by atoms with Crippen LogP contribution in [0.5, 0.6) is 0 Å². The molecular formula is C16H19N3O6. The molecule has 1 aromatic rings. The van der Waals surface area contributed by atoms with Gasteiger partial charge < -0.3 is 24.1 Å². The number of nitrogens with zero attached hydrogens (tertiary/aromatic N) is 3. The van der Waals surface area contributed by atoms with E-state index in [0.29, 0.717) is 6.61 Å². The zero-order valence-corrected chi connectivity index (χ0v) is 13.6. The topological polar surface area (TPSA) is 123 Å². The van der Waals surface area contributed by atoms with Gasteiger partial charge in [-0.25, -0.2) is 4.79 Å². The summed E-state index contributed by atoms with van der Waals surface area (Å²) >= 11 is 0. The summed E-state index contributed by atoms with van der Waals surface area (Å²) in [4.78, 5) is 14.0. The van der Waals surface area contributed by atoms with E-state index in [1.54, 1.807) is 0 Å². The largest absolute Gasteiger partial charge is 0.479 e. The molecular weight excluding hydrogens is 330 g/mol. The number of carbonyl (C=O) groups is 1. The van der Waals surface area contributed by atoms with Gasteiger partial charge in [-0.2, -0.15) is 0 Å². The molecule has 134 valence electrons. The fraction of sp³-hybridized carbons (Fsp3) is 0.562. The van der Waals surface area contributed by atoms with Crippen molar-refractivity contribution in [1.82, 2.24) is 0 Å². The van der Waals surface area contributed by atoms with Crippen LogP contribution in [-0.4, -0.2) is 54.4 Å². The minimum atomic E-state index is -1.11. The molecule has 2 aliphatic heterocycles. The molecule has 2 fully saturated rings. The first-order valence-corrected chi connectivity index (χ1v) is 7.95. The molecule has 0 aromatic heterocycles. The molecule has 1 N–H and O–H groups in total. The molecule has 0 spiro atoms. The van der Waals surface area contributed by atoms with Gasteiger partial charge in [0, 0.05) is 4.91 Å². The quantitative estimate of drug-likeness (QED) is 0.455. The van der Waals surface area contributed by atoms with Crippen molar-refractivity contribution in [3.05, 3.63) is 46.3 Å². The predicted molar refractivity (Wildman–Crippen MR) is 84.5 cm³/mol. The molecule has 0 aliphatic carbocycles. The molecule has 9 heteroatoms. The number of fused-ring (bicyclic) bond motifs is 2. The van der Waals surface area contributed by atoms with Gasteiger partial charge in [-0.3, -0.25) is 0 Å². The van der Waals surface area contributed by atoms with Crippen LogP contribution in [0.15, 0.2) is 35.4 Å². The minimum Gasteiger partial charge on any atom is -0.479 e. The van der Waals surface area contributed by atoms with Gasteiger partial charge in [-0.05, 0) is 18.0 Å². The zero-order valence-electron chi connectivity index (χ0n) is 13.6. The Morgan fingerprint density at radius 1 is 1.44 bits per heavy atom. The Morgan fingerprint density at radius 3 is 2.88 bits per heavy atom. The van der Waals surface area contributed by atoms with Crippen LogP contribution in [0.1, 0.15) is 12.5 Å². The Balaban J connectivity index is 1.80. The lowest BCUT2D eigenvalue weighted by atomic mass is 9.98. The Hall–Kier alpha value is -2.16. The molecule has 2 saturated heterocycles. The van der Waals surface area contributed by atoms with Gasteiger partial charge in [-0.1, -0.05) is 35.4 Å². The molecule has 0 radical (unpaired) electrons. The van der Waals surface area contributed by atoms with Crippen LogP contribution in [-0.2, 0) is 30.3 Å². The van der Waals surface area contributed by atoms with E-state index < -0.39 is 42.7 Å². The Bertz CT molecular complexity index is 651. The summed E-state index contributed by atoms with van der Waals surface area (Å²) in [6.45, 7) is 1.98.